The van der Waals surface area contributed by atoms with E-state index in [2.05, 4.69) is 66.8 Å². The lowest BCUT2D eigenvalue weighted by molar-refractivity contribution is 0.167. The largest absolute Gasteiger partial charge is 0.388 e. The lowest BCUT2D eigenvalue weighted by Crippen LogP contribution is -1.94. The van der Waals surface area contributed by atoms with E-state index in [1.165, 1.54) is 35.4 Å². The molecule has 0 fully saturated rings. The Labute approximate surface area is 165 Å². The van der Waals surface area contributed by atoms with Crippen molar-refractivity contribution >= 4 is 70.5 Å². The molecule has 0 saturated carbocycles. The summed E-state index contributed by atoms with van der Waals surface area (Å²) in [6.07, 6.45) is 6.65. The normalized spacial score (nSPS) is 12.8. The Kier molecular flexibility index (Phi) is 8.11. The number of thiophene rings is 2. The van der Waals surface area contributed by atoms with E-state index in [4.69, 9.17) is 0 Å². The molecule has 2 aromatic heterocycles. The summed E-state index contributed by atoms with van der Waals surface area (Å²) in [5, 5.41) is 10.4. The summed E-state index contributed by atoms with van der Waals surface area (Å²) < 4.78 is 3.26. The maximum atomic E-state index is 10.4. The third-order valence-corrected chi connectivity index (χ3v) is 8.29. The van der Waals surface area contributed by atoms with E-state index in [0.29, 0.717) is 0 Å². The van der Waals surface area contributed by atoms with Crippen molar-refractivity contribution < 1.29 is 5.11 Å². The van der Waals surface area contributed by atoms with Crippen molar-refractivity contribution in [2.75, 3.05) is 0 Å². The minimum Gasteiger partial charge on any atom is -0.388 e. The number of unbranched alkanes of at least 4 members (excludes halogenated alkanes) is 4. The molecule has 22 heavy (non-hydrogen) atoms. The van der Waals surface area contributed by atoms with Gasteiger partial charge in [0, 0.05) is 13.8 Å². The van der Waals surface area contributed by atoms with Gasteiger partial charge in [-0.3, -0.25) is 0 Å². The molecule has 1 N–H and O–H groups in total. The fourth-order valence-electron chi connectivity index (χ4n) is 2.28. The highest BCUT2D eigenvalue weighted by Crippen LogP contribution is 2.47. The first-order valence-corrected chi connectivity index (χ1v) is 11.5. The number of aliphatic hydroxyl groups excluding tert-OH is 1. The van der Waals surface area contributed by atoms with Crippen molar-refractivity contribution in [1.82, 2.24) is 0 Å². The number of rotatable bonds is 8. The Morgan fingerprint density at radius 1 is 0.955 bits per heavy atom. The van der Waals surface area contributed by atoms with Gasteiger partial charge in [-0.15, -0.1) is 22.7 Å². The Bertz CT molecular complexity index is 607. The molecule has 6 heteroatoms. The van der Waals surface area contributed by atoms with Crippen LogP contribution in [0.5, 0.6) is 0 Å². The molecule has 0 aliphatic heterocycles. The van der Waals surface area contributed by atoms with Crippen molar-refractivity contribution in [3.8, 4) is 9.75 Å². The van der Waals surface area contributed by atoms with E-state index in [0.717, 1.165) is 30.5 Å². The van der Waals surface area contributed by atoms with Gasteiger partial charge in [-0.2, -0.15) is 0 Å². The standard InChI is InChI=1S/C16H19Br3OS2/c1-2-3-4-5-6-7-12(20)13-8-10(17)15(21-13)16-11(18)9-14(19)22-16/h8-9,12,20H,2-7H2,1H3. The first-order valence-electron chi connectivity index (χ1n) is 7.45. The van der Waals surface area contributed by atoms with Crippen molar-refractivity contribution in [1.29, 1.82) is 0 Å². The van der Waals surface area contributed by atoms with E-state index < -0.39 is 0 Å². The van der Waals surface area contributed by atoms with E-state index in [-0.39, 0.29) is 6.10 Å². The molecule has 1 nitrogen and oxygen atoms in total. The van der Waals surface area contributed by atoms with Crippen LogP contribution in [0, 0.1) is 0 Å². The van der Waals surface area contributed by atoms with Crippen LogP contribution < -0.4 is 0 Å². The fraction of sp³-hybridized carbons (Fsp3) is 0.500. The van der Waals surface area contributed by atoms with Gasteiger partial charge < -0.3 is 5.11 Å². The Morgan fingerprint density at radius 2 is 1.59 bits per heavy atom. The number of halogens is 3. The zero-order valence-electron chi connectivity index (χ0n) is 12.4. The average molecular weight is 531 g/mol. The van der Waals surface area contributed by atoms with Crippen LogP contribution in [0.15, 0.2) is 24.9 Å². The molecule has 122 valence electrons. The summed E-state index contributed by atoms with van der Waals surface area (Å²) in [5.74, 6) is 0. The van der Waals surface area contributed by atoms with Gasteiger partial charge in [0.1, 0.15) is 0 Å². The number of aliphatic hydroxyl groups is 1. The first kappa shape index (κ1) is 19.1. The third kappa shape index (κ3) is 5.15. The van der Waals surface area contributed by atoms with Gasteiger partial charge in [-0.05, 0) is 66.3 Å². The fourth-order valence-corrected chi connectivity index (χ4v) is 7.24. The maximum absolute atomic E-state index is 10.4. The highest BCUT2D eigenvalue weighted by atomic mass is 79.9. The van der Waals surface area contributed by atoms with Crippen molar-refractivity contribution in [2.24, 2.45) is 0 Å². The molecule has 0 saturated heterocycles. The molecular weight excluding hydrogens is 512 g/mol. The number of hydrogen-bond acceptors (Lipinski definition) is 3. The van der Waals surface area contributed by atoms with Gasteiger partial charge >= 0.3 is 0 Å². The second-order valence-corrected chi connectivity index (χ2v) is 10.5. The predicted octanol–water partition coefficient (Wildman–Crippen LogP) is 8.16. The molecule has 0 radical (unpaired) electrons. The van der Waals surface area contributed by atoms with E-state index in [1.807, 2.05) is 0 Å². The van der Waals surface area contributed by atoms with Crippen LogP contribution >= 0.6 is 70.5 Å². The Balaban J connectivity index is 2.01. The molecule has 1 unspecified atom stereocenters. The minimum atomic E-state index is -0.348. The maximum Gasteiger partial charge on any atom is 0.0882 e. The van der Waals surface area contributed by atoms with Crippen molar-refractivity contribution in [3.05, 3.63) is 29.7 Å². The minimum absolute atomic E-state index is 0.348. The molecule has 1 atom stereocenters. The van der Waals surface area contributed by atoms with Gasteiger partial charge in [0.15, 0.2) is 0 Å². The molecular formula is C16H19Br3OS2. The highest BCUT2D eigenvalue weighted by Gasteiger charge is 2.18. The second kappa shape index (κ2) is 9.33. The van der Waals surface area contributed by atoms with E-state index in [9.17, 15) is 5.11 Å². The van der Waals surface area contributed by atoms with Gasteiger partial charge in [0.25, 0.3) is 0 Å². The molecule has 0 bridgehead atoms. The van der Waals surface area contributed by atoms with Gasteiger partial charge in [0.2, 0.25) is 0 Å². The molecule has 2 rings (SSSR count). The zero-order chi connectivity index (χ0) is 16.1. The lowest BCUT2D eigenvalue weighted by atomic mass is 10.1. The smallest absolute Gasteiger partial charge is 0.0882 e. The summed E-state index contributed by atoms with van der Waals surface area (Å²) in [7, 11) is 0. The quantitative estimate of drug-likeness (QED) is 0.341. The highest BCUT2D eigenvalue weighted by molar-refractivity contribution is 9.11. The summed E-state index contributed by atoms with van der Waals surface area (Å²) in [6.45, 7) is 2.22. The van der Waals surface area contributed by atoms with E-state index in [1.54, 1.807) is 22.7 Å². The Hall–Kier alpha value is 0.800. The summed E-state index contributed by atoms with van der Waals surface area (Å²) in [4.78, 5) is 3.43. The van der Waals surface area contributed by atoms with E-state index >= 15 is 0 Å². The monoisotopic (exact) mass is 528 g/mol. The summed E-state index contributed by atoms with van der Waals surface area (Å²) in [5.41, 5.74) is 0. The SMILES string of the molecule is CCCCCCCC(O)c1cc(Br)c(-c2sc(Br)cc2Br)s1. The molecule has 0 aliphatic rings. The van der Waals surface area contributed by atoms with Crippen LogP contribution in [-0.4, -0.2) is 5.11 Å². The molecule has 0 aromatic carbocycles. The van der Waals surface area contributed by atoms with Gasteiger partial charge in [0.05, 0.1) is 19.6 Å². The van der Waals surface area contributed by atoms with Crippen LogP contribution in [0.1, 0.15) is 56.4 Å². The molecule has 0 amide bonds. The second-order valence-electron chi connectivity index (χ2n) is 5.27. The topological polar surface area (TPSA) is 20.2 Å². The summed E-state index contributed by atoms with van der Waals surface area (Å²) >= 11 is 14.1. The average Bonchev–Trinajstić information content (AvgIpc) is 3.00. The lowest BCUT2D eigenvalue weighted by Gasteiger charge is -2.07. The van der Waals surface area contributed by atoms with Gasteiger partial charge in [-0.1, -0.05) is 39.0 Å². The van der Waals surface area contributed by atoms with Crippen LogP contribution in [0.2, 0.25) is 0 Å². The van der Waals surface area contributed by atoms with Crippen LogP contribution in [-0.2, 0) is 0 Å². The van der Waals surface area contributed by atoms with Crippen LogP contribution in [0.4, 0.5) is 0 Å². The Morgan fingerprint density at radius 3 is 2.23 bits per heavy atom. The molecule has 0 spiro atoms. The van der Waals surface area contributed by atoms with Crippen LogP contribution in [0.3, 0.4) is 0 Å². The van der Waals surface area contributed by atoms with Crippen LogP contribution in [0.25, 0.3) is 9.75 Å². The summed E-state index contributed by atoms with van der Waals surface area (Å²) in [6, 6.07) is 4.13. The van der Waals surface area contributed by atoms with Crippen molar-refractivity contribution in [3.63, 3.8) is 0 Å². The molecule has 0 aliphatic carbocycles. The zero-order valence-corrected chi connectivity index (χ0v) is 18.8. The first-order chi connectivity index (χ1) is 10.5. The number of hydrogen-bond donors (Lipinski definition) is 1. The van der Waals surface area contributed by atoms with Gasteiger partial charge in [-0.25, -0.2) is 0 Å². The molecule has 2 heterocycles. The predicted molar refractivity (Wildman–Crippen MR) is 109 cm³/mol. The molecule has 2 aromatic rings. The third-order valence-electron chi connectivity index (χ3n) is 3.48. The van der Waals surface area contributed by atoms with Crippen molar-refractivity contribution in [2.45, 2.75) is 51.6 Å².